The average Bonchev–Trinajstić information content (AvgIpc) is 3.13. The number of benzene rings is 2. The summed E-state index contributed by atoms with van der Waals surface area (Å²) < 4.78 is 12.3. The molecule has 0 unspecified atom stereocenters. The van der Waals surface area contributed by atoms with E-state index in [0.29, 0.717) is 36.2 Å². The summed E-state index contributed by atoms with van der Waals surface area (Å²) in [6, 6.07) is 12.8. The van der Waals surface area contributed by atoms with Gasteiger partial charge < -0.3 is 19.4 Å². The van der Waals surface area contributed by atoms with Gasteiger partial charge >= 0.3 is 5.76 Å². The number of nitrogens with one attached hydrogen (secondary N) is 1. The number of aromatic nitrogens is 1. The highest BCUT2D eigenvalue weighted by molar-refractivity contribution is 5.93. The van der Waals surface area contributed by atoms with Crippen LogP contribution in [0.15, 0.2) is 51.7 Å². The highest BCUT2D eigenvalue weighted by Gasteiger charge is 2.20. The number of ether oxygens (including phenoxy) is 1. The second-order valence-electron chi connectivity index (χ2n) is 8.39. The number of rotatable bonds is 8. The fourth-order valence-corrected chi connectivity index (χ4v) is 3.95. The van der Waals surface area contributed by atoms with Crippen molar-refractivity contribution in [2.45, 2.75) is 45.6 Å². The predicted molar refractivity (Wildman–Crippen MR) is 125 cm³/mol. The number of nitrogens with zero attached hydrogens (tertiary/aromatic N) is 2. The Balaban J connectivity index is 1.34. The molecule has 8 nitrogen and oxygen atoms in total. The number of anilines is 1. The van der Waals surface area contributed by atoms with Crippen LogP contribution in [0.25, 0.3) is 11.1 Å². The minimum atomic E-state index is -0.577. The Kier molecular flexibility index (Phi) is 7.12. The van der Waals surface area contributed by atoms with Gasteiger partial charge in [0.25, 0.3) is 0 Å². The van der Waals surface area contributed by atoms with E-state index in [1.807, 2.05) is 31.2 Å². The van der Waals surface area contributed by atoms with E-state index in [-0.39, 0.29) is 18.4 Å². The van der Waals surface area contributed by atoms with Gasteiger partial charge in [-0.15, -0.1) is 0 Å². The Hall–Kier alpha value is -3.55. The highest BCUT2D eigenvalue weighted by atomic mass is 16.5. The van der Waals surface area contributed by atoms with E-state index < -0.39 is 5.76 Å². The molecular formula is C25H29N3O5. The fraction of sp³-hybridized carbons (Fsp3) is 0.400. The summed E-state index contributed by atoms with van der Waals surface area (Å²) in [7, 11) is 0. The number of hydrogen-bond acceptors (Lipinski definition) is 5. The van der Waals surface area contributed by atoms with Crippen LogP contribution in [0.3, 0.4) is 0 Å². The molecule has 1 aliphatic rings. The molecule has 174 valence electrons. The van der Waals surface area contributed by atoms with Gasteiger partial charge in [-0.3, -0.25) is 14.2 Å². The van der Waals surface area contributed by atoms with Crippen LogP contribution in [-0.4, -0.2) is 41.0 Å². The van der Waals surface area contributed by atoms with Crippen LogP contribution in [0.5, 0.6) is 5.75 Å². The number of likely N-dealkylation sites (tertiary alicyclic amines) is 1. The normalized spacial score (nSPS) is 13.8. The first-order valence-electron chi connectivity index (χ1n) is 11.4. The maximum atomic E-state index is 12.6. The number of hydrogen-bond donors (Lipinski definition) is 1. The summed E-state index contributed by atoms with van der Waals surface area (Å²) in [6.07, 6.45) is 3.97. The number of carbonyl (C=O) groups is 2. The molecule has 1 fully saturated rings. The Labute approximate surface area is 192 Å². The lowest BCUT2D eigenvalue weighted by molar-refractivity contribution is -0.132. The molecule has 2 aromatic carbocycles. The first-order valence-corrected chi connectivity index (χ1v) is 11.4. The molecule has 0 saturated carbocycles. The molecule has 1 aromatic heterocycles. The molecule has 0 spiro atoms. The third-order valence-corrected chi connectivity index (χ3v) is 5.79. The lowest BCUT2D eigenvalue weighted by Crippen LogP contribution is -2.39. The molecule has 1 N–H and O–H groups in total. The van der Waals surface area contributed by atoms with Gasteiger partial charge in [-0.05, 0) is 62.9 Å². The van der Waals surface area contributed by atoms with E-state index in [9.17, 15) is 14.4 Å². The van der Waals surface area contributed by atoms with E-state index >= 15 is 0 Å². The monoisotopic (exact) mass is 451 g/mol. The second-order valence-corrected chi connectivity index (χ2v) is 8.39. The van der Waals surface area contributed by atoms with Gasteiger partial charge in [0, 0.05) is 25.2 Å². The van der Waals surface area contributed by atoms with Crippen LogP contribution < -0.4 is 15.8 Å². The zero-order chi connectivity index (χ0) is 23.2. The van der Waals surface area contributed by atoms with Gasteiger partial charge in [0.05, 0.1) is 12.1 Å². The molecule has 2 amide bonds. The summed E-state index contributed by atoms with van der Waals surface area (Å²) in [4.78, 5) is 39.1. The zero-order valence-corrected chi connectivity index (χ0v) is 18.8. The highest BCUT2D eigenvalue weighted by Crippen LogP contribution is 2.20. The van der Waals surface area contributed by atoms with Gasteiger partial charge in [0.2, 0.25) is 11.8 Å². The van der Waals surface area contributed by atoms with E-state index in [1.165, 1.54) is 4.57 Å². The topological polar surface area (TPSA) is 93.8 Å². The Morgan fingerprint density at radius 2 is 1.82 bits per heavy atom. The van der Waals surface area contributed by atoms with Crippen LogP contribution in [0.2, 0.25) is 0 Å². The van der Waals surface area contributed by atoms with E-state index in [0.717, 1.165) is 43.7 Å². The van der Waals surface area contributed by atoms with Crippen molar-refractivity contribution in [1.29, 1.82) is 0 Å². The summed E-state index contributed by atoms with van der Waals surface area (Å²) in [5.41, 5.74) is 2.59. The van der Waals surface area contributed by atoms with Crippen LogP contribution >= 0.6 is 0 Å². The average molecular weight is 452 g/mol. The first-order chi connectivity index (χ1) is 16.0. The number of aryl methyl sites for hydroxylation is 1. The van der Waals surface area contributed by atoms with Crippen LogP contribution in [0.1, 0.15) is 37.7 Å². The smallest absolute Gasteiger partial charge is 0.420 e. The van der Waals surface area contributed by atoms with Crippen molar-refractivity contribution in [3.63, 3.8) is 0 Å². The Morgan fingerprint density at radius 3 is 2.58 bits per heavy atom. The third-order valence-electron chi connectivity index (χ3n) is 5.79. The number of amides is 2. The molecule has 0 radical (unpaired) electrons. The van der Waals surface area contributed by atoms with Gasteiger partial charge in [0.15, 0.2) is 5.58 Å². The van der Waals surface area contributed by atoms with Crippen LogP contribution in [0, 0.1) is 6.92 Å². The molecule has 33 heavy (non-hydrogen) atoms. The zero-order valence-electron chi connectivity index (χ0n) is 18.8. The number of oxazole rings is 1. The minimum absolute atomic E-state index is 0.0699. The Morgan fingerprint density at radius 1 is 1.06 bits per heavy atom. The molecule has 2 heterocycles. The molecular weight excluding hydrogens is 422 g/mol. The largest absolute Gasteiger partial charge is 0.494 e. The van der Waals surface area contributed by atoms with Crippen molar-refractivity contribution >= 4 is 28.6 Å². The number of carbonyl (C=O) groups excluding carboxylic acids is 2. The first kappa shape index (κ1) is 22.6. The van der Waals surface area contributed by atoms with Gasteiger partial charge in [-0.25, -0.2) is 4.79 Å². The maximum absolute atomic E-state index is 12.6. The molecule has 0 atom stereocenters. The van der Waals surface area contributed by atoms with E-state index in [4.69, 9.17) is 9.15 Å². The quantitative estimate of drug-likeness (QED) is 0.527. The molecule has 8 heteroatoms. The molecule has 1 saturated heterocycles. The lowest BCUT2D eigenvalue weighted by Gasteiger charge is -2.26. The SMILES string of the molecule is Cc1ccc(OCCCC(=O)Nc2ccc3oc(=O)n(CC(=O)N4CCCCC4)c3c2)cc1. The van der Waals surface area contributed by atoms with Crippen molar-refractivity contribution < 1.29 is 18.7 Å². The summed E-state index contributed by atoms with van der Waals surface area (Å²) >= 11 is 0. The molecule has 4 rings (SSSR count). The summed E-state index contributed by atoms with van der Waals surface area (Å²) in [6.45, 7) is 3.83. The van der Waals surface area contributed by atoms with Crippen LogP contribution in [-0.2, 0) is 16.1 Å². The molecule has 3 aromatic rings. The predicted octanol–water partition coefficient (Wildman–Crippen LogP) is 3.71. The number of piperidine rings is 1. The van der Waals surface area contributed by atoms with Crippen molar-refractivity contribution in [2.24, 2.45) is 0 Å². The third kappa shape index (κ3) is 5.83. The van der Waals surface area contributed by atoms with E-state index in [2.05, 4.69) is 5.32 Å². The lowest BCUT2D eigenvalue weighted by atomic mass is 10.1. The van der Waals surface area contributed by atoms with Crippen molar-refractivity contribution in [1.82, 2.24) is 9.47 Å². The fourth-order valence-electron chi connectivity index (χ4n) is 3.95. The standard InChI is InChI=1S/C25H29N3O5/c1-18-7-10-20(11-8-18)32-15-5-6-23(29)26-19-9-12-22-21(16-19)28(25(31)33-22)17-24(30)27-13-3-2-4-14-27/h7-12,16H,2-6,13-15,17H2,1H3,(H,26,29). The second kappa shape index (κ2) is 10.4. The van der Waals surface area contributed by atoms with Gasteiger partial charge in [0.1, 0.15) is 12.3 Å². The van der Waals surface area contributed by atoms with Gasteiger partial charge in [-0.1, -0.05) is 17.7 Å². The van der Waals surface area contributed by atoms with E-state index in [1.54, 1.807) is 23.1 Å². The molecule has 0 bridgehead atoms. The minimum Gasteiger partial charge on any atom is -0.494 e. The molecule has 0 aliphatic carbocycles. The number of fused-ring (bicyclic) bond motifs is 1. The maximum Gasteiger partial charge on any atom is 0.420 e. The summed E-state index contributed by atoms with van der Waals surface area (Å²) in [5, 5.41) is 2.85. The summed E-state index contributed by atoms with van der Waals surface area (Å²) in [5.74, 6) is -0.0401. The van der Waals surface area contributed by atoms with Crippen molar-refractivity contribution in [3.8, 4) is 5.75 Å². The molecule has 1 aliphatic heterocycles. The van der Waals surface area contributed by atoms with Gasteiger partial charge in [-0.2, -0.15) is 0 Å². The Bertz CT molecular complexity index is 1170. The van der Waals surface area contributed by atoms with Crippen molar-refractivity contribution in [3.05, 3.63) is 58.6 Å². The van der Waals surface area contributed by atoms with Crippen molar-refractivity contribution in [2.75, 3.05) is 25.0 Å². The van der Waals surface area contributed by atoms with Crippen LogP contribution in [0.4, 0.5) is 5.69 Å².